The van der Waals surface area contributed by atoms with Crippen LogP contribution in [0.5, 0.6) is 17.2 Å². The summed E-state index contributed by atoms with van der Waals surface area (Å²) < 4.78 is 16.1. The van der Waals surface area contributed by atoms with Crippen LogP contribution in [0, 0.1) is 0 Å². The van der Waals surface area contributed by atoms with Crippen molar-refractivity contribution in [3.63, 3.8) is 0 Å². The Hall–Kier alpha value is -1.46. The van der Waals surface area contributed by atoms with Gasteiger partial charge in [0, 0.05) is 23.6 Å². The Kier molecular flexibility index (Phi) is 4.17. The van der Waals surface area contributed by atoms with E-state index in [9.17, 15) is 5.11 Å². The van der Waals surface area contributed by atoms with Gasteiger partial charge in [0.1, 0.15) is 5.75 Å². The van der Waals surface area contributed by atoms with Crippen LogP contribution in [0.1, 0.15) is 12.0 Å². The third-order valence-corrected chi connectivity index (χ3v) is 3.82. The highest BCUT2D eigenvalue weighted by Gasteiger charge is 2.38. The van der Waals surface area contributed by atoms with E-state index in [-0.39, 0.29) is 12.0 Å². The Morgan fingerprint density at radius 2 is 1.74 bits per heavy atom. The molecule has 1 aromatic carbocycles. The van der Waals surface area contributed by atoms with Crippen molar-refractivity contribution in [1.29, 1.82) is 0 Å². The van der Waals surface area contributed by atoms with Crippen LogP contribution in [0.15, 0.2) is 12.1 Å². The van der Waals surface area contributed by atoms with Crippen molar-refractivity contribution in [3.8, 4) is 17.2 Å². The number of hydrogen-bond donors (Lipinski definition) is 2. The number of hydrogen-bond acceptors (Lipinski definition) is 5. The van der Waals surface area contributed by atoms with E-state index < -0.39 is 0 Å². The Morgan fingerprint density at radius 1 is 1.11 bits per heavy atom. The molecule has 0 aromatic heterocycles. The van der Waals surface area contributed by atoms with Crippen LogP contribution in [-0.2, 0) is 5.41 Å². The van der Waals surface area contributed by atoms with E-state index >= 15 is 0 Å². The number of benzene rings is 1. The molecule has 1 unspecified atom stereocenters. The number of nitrogens with one attached hydrogen (secondary N) is 1. The molecule has 0 aliphatic carbocycles. The van der Waals surface area contributed by atoms with Crippen molar-refractivity contribution in [2.75, 3.05) is 41.0 Å². The molecule has 0 spiro atoms. The summed E-state index contributed by atoms with van der Waals surface area (Å²) in [4.78, 5) is 0. The van der Waals surface area contributed by atoms with Gasteiger partial charge in [-0.2, -0.15) is 0 Å². The largest absolute Gasteiger partial charge is 0.496 e. The van der Waals surface area contributed by atoms with Crippen molar-refractivity contribution in [2.24, 2.45) is 0 Å². The van der Waals surface area contributed by atoms with Crippen LogP contribution in [0.25, 0.3) is 0 Å². The number of aliphatic hydroxyl groups excluding tert-OH is 1. The van der Waals surface area contributed by atoms with Gasteiger partial charge in [0.05, 0.1) is 27.9 Å². The maximum Gasteiger partial charge on any atom is 0.164 e. The molecule has 1 aromatic rings. The number of aliphatic hydroxyl groups is 1. The third kappa shape index (κ3) is 2.35. The Morgan fingerprint density at radius 3 is 2.21 bits per heavy atom. The maximum atomic E-state index is 9.81. The molecule has 2 rings (SSSR count). The van der Waals surface area contributed by atoms with E-state index in [0.717, 1.165) is 30.8 Å². The Bertz CT molecular complexity index is 441. The zero-order valence-corrected chi connectivity index (χ0v) is 11.7. The normalized spacial score (nSPS) is 22.3. The second-order valence-electron chi connectivity index (χ2n) is 4.77. The summed E-state index contributed by atoms with van der Waals surface area (Å²) in [5.41, 5.74) is 0.644. The SMILES string of the molecule is COc1cc(OC)c(C2(CO)CCNC2)cc1OC. The fraction of sp³-hybridized carbons (Fsp3) is 0.571. The molecule has 0 amide bonds. The Labute approximate surface area is 113 Å². The van der Waals surface area contributed by atoms with Crippen molar-refractivity contribution >= 4 is 0 Å². The lowest BCUT2D eigenvalue weighted by Gasteiger charge is -2.29. The third-order valence-electron chi connectivity index (χ3n) is 3.82. The van der Waals surface area contributed by atoms with E-state index in [2.05, 4.69) is 5.32 Å². The van der Waals surface area contributed by atoms with Gasteiger partial charge >= 0.3 is 0 Å². The van der Waals surface area contributed by atoms with E-state index in [0.29, 0.717) is 11.5 Å². The Balaban J connectivity index is 2.54. The molecule has 19 heavy (non-hydrogen) atoms. The van der Waals surface area contributed by atoms with Gasteiger partial charge in [-0.25, -0.2) is 0 Å². The molecule has 1 atom stereocenters. The second-order valence-corrected chi connectivity index (χ2v) is 4.77. The summed E-state index contributed by atoms with van der Waals surface area (Å²) in [5, 5.41) is 13.1. The molecule has 2 N–H and O–H groups in total. The van der Waals surface area contributed by atoms with E-state index in [1.54, 1.807) is 21.3 Å². The van der Waals surface area contributed by atoms with Gasteiger partial charge in [-0.05, 0) is 19.0 Å². The lowest BCUT2D eigenvalue weighted by molar-refractivity contribution is 0.201. The summed E-state index contributed by atoms with van der Waals surface area (Å²) in [6.07, 6.45) is 0.870. The fourth-order valence-electron chi connectivity index (χ4n) is 2.64. The molecule has 1 fully saturated rings. The lowest BCUT2D eigenvalue weighted by atomic mass is 9.79. The summed E-state index contributed by atoms with van der Waals surface area (Å²) in [6.45, 7) is 1.69. The standard InChI is InChI=1S/C14H21NO4/c1-17-11-7-13(19-3)12(18-2)6-10(11)14(9-16)4-5-15-8-14/h6-7,15-16H,4-5,8-9H2,1-3H3. The van der Waals surface area contributed by atoms with Crippen molar-refractivity contribution in [1.82, 2.24) is 5.32 Å². The van der Waals surface area contributed by atoms with Gasteiger partial charge in [0.2, 0.25) is 0 Å². The number of rotatable bonds is 5. The highest BCUT2D eigenvalue weighted by molar-refractivity contribution is 5.54. The first-order chi connectivity index (χ1) is 9.20. The minimum Gasteiger partial charge on any atom is -0.496 e. The summed E-state index contributed by atoms with van der Waals surface area (Å²) in [7, 11) is 4.82. The molecule has 1 aliphatic heterocycles. The van der Waals surface area contributed by atoms with E-state index in [1.165, 1.54) is 0 Å². The first kappa shape index (κ1) is 14.0. The first-order valence-electron chi connectivity index (χ1n) is 6.33. The number of ether oxygens (including phenoxy) is 3. The zero-order chi connectivity index (χ0) is 13.9. The minimum atomic E-state index is -0.315. The van der Waals surface area contributed by atoms with Crippen LogP contribution in [0.3, 0.4) is 0 Å². The predicted molar refractivity (Wildman–Crippen MR) is 72.3 cm³/mol. The van der Waals surface area contributed by atoms with Crippen molar-refractivity contribution in [3.05, 3.63) is 17.7 Å². The van der Waals surface area contributed by atoms with Crippen LogP contribution in [0.2, 0.25) is 0 Å². The van der Waals surface area contributed by atoms with Gasteiger partial charge in [-0.15, -0.1) is 0 Å². The summed E-state index contributed by atoms with van der Waals surface area (Å²) in [5.74, 6) is 2.00. The monoisotopic (exact) mass is 267 g/mol. The highest BCUT2D eigenvalue weighted by Crippen LogP contribution is 2.42. The molecule has 1 saturated heterocycles. The van der Waals surface area contributed by atoms with Gasteiger partial charge in [-0.1, -0.05) is 0 Å². The minimum absolute atomic E-state index is 0.0752. The van der Waals surface area contributed by atoms with Gasteiger partial charge < -0.3 is 24.6 Å². The maximum absolute atomic E-state index is 9.81. The lowest BCUT2D eigenvalue weighted by Crippen LogP contribution is -2.33. The molecule has 5 nitrogen and oxygen atoms in total. The summed E-state index contributed by atoms with van der Waals surface area (Å²) >= 11 is 0. The molecule has 106 valence electrons. The molecule has 5 heteroatoms. The van der Waals surface area contributed by atoms with Crippen LogP contribution in [0.4, 0.5) is 0 Å². The summed E-state index contributed by atoms with van der Waals surface area (Å²) in [6, 6.07) is 3.71. The molecule has 0 bridgehead atoms. The molecule has 1 aliphatic rings. The van der Waals surface area contributed by atoms with Gasteiger partial charge in [0.25, 0.3) is 0 Å². The highest BCUT2D eigenvalue weighted by atomic mass is 16.5. The molecule has 1 heterocycles. The van der Waals surface area contributed by atoms with Gasteiger partial charge in [-0.3, -0.25) is 0 Å². The van der Waals surface area contributed by atoms with Crippen LogP contribution in [-0.4, -0.2) is 46.1 Å². The first-order valence-corrected chi connectivity index (χ1v) is 6.33. The second kappa shape index (κ2) is 5.67. The van der Waals surface area contributed by atoms with Crippen molar-refractivity contribution < 1.29 is 19.3 Å². The molecular formula is C14H21NO4. The van der Waals surface area contributed by atoms with Crippen LogP contribution >= 0.6 is 0 Å². The van der Waals surface area contributed by atoms with E-state index in [1.807, 2.05) is 12.1 Å². The van der Waals surface area contributed by atoms with E-state index in [4.69, 9.17) is 14.2 Å². The average Bonchev–Trinajstić information content (AvgIpc) is 2.95. The van der Waals surface area contributed by atoms with Crippen LogP contribution < -0.4 is 19.5 Å². The molecular weight excluding hydrogens is 246 g/mol. The van der Waals surface area contributed by atoms with Gasteiger partial charge in [0.15, 0.2) is 11.5 Å². The topological polar surface area (TPSA) is 60.0 Å². The number of methoxy groups -OCH3 is 3. The average molecular weight is 267 g/mol. The smallest absolute Gasteiger partial charge is 0.164 e. The molecule has 0 saturated carbocycles. The van der Waals surface area contributed by atoms with Crippen molar-refractivity contribution in [2.45, 2.75) is 11.8 Å². The molecule has 0 radical (unpaired) electrons. The zero-order valence-electron chi connectivity index (χ0n) is 11.7. The predicted octanol–water partition coefficient (Wildman–Crippen LogP) is 0.936. The fourth-order valence-corrected chi connectivity index (χ4v) is 2.64. The quantitative estimate of drug-likeness (QED) is 0.831.